The van der Waals surface area contributed by atoms with Crippen LogP contribution in [0, 0.1) is 5.92 Å². The van der Waals surface area contributed by atoms with E-state index in [0.717, 1.165) is 23.4 Å². The smallest absolute Gasteiger partial charge is 0.264 e. The molecular formula is C18H20N2O2S. The minimum Gasteiger partial charge on any atom is -0.334 e. The Labute approximate surface area is 140 Å². The van der Waals surface area contributed by atoms with E-state index < -0.39 is 0 Å². The van der Waals surface area contributed by atoms with Gasteiger partial charge in [-0.15, -0.1) is 11.3 Å². The van der Waals surface area contributed by atoms with Crippen LogP contribution in [0.15, 0.2) is 42.5 Å². The number of rotatable bonds is 5. The predicted molar refractivity (Wildman–Crippen MR) is 92.6 cm³/mol. The highest BCUT2D eigenvalue weighted by atomic mass is 32.1. The first kappa shape index (κ1) is 15.7. The summed E-state index contributed by atoms with van der Waals surface area (Å²) in [5.41, 5.74) is 1.10. The predicted octanol–water partition coefficient (Wildman–Crippen LogP) is 3.93. The molecule has 23 heavy (non-hydrogen) atoms. The molecule has 0 spiro atoms. The van der Waals surface area contributed by atoms with Gasteiger partial charge in [-0.2, -0.15) is 0 Å². The van der Waals surface area contributed by atoms with Gasteiger partial charge in [0.05, 0.1) is 15.9 Å². The summed E-state index contributed by atoms with van der Waals surface area (Å²) in [4.78, 5) is 26.8. The molecule has 1 aromatic heterocycles. The lowest BCUT2D eigenvalue weighted by Crippen LogP contribution is -2.29. The maximum Gasteiger partial charge on any atom is 0.264 e. The van der Waals surface area contributed by atoms with Gasteiger partial charge in [-0.1, -0.05) is 30.3 Å². The standard InChI is InChI=1S/C18H20N2O2S/c1-12(13-6-4-3-5-7-13)20(2)18(22)15-10-11-16(23-15)19-17(21)14-8-9-14/h3-7,10-12,14H,8-9H2,1-2H3,(H,19,21)/t12-/m0/s1. The Kier molecular flexibility index (Phi) is 4.48. The lowest BCUT2D eigenvalue weighted by Gasteiger charge is -2.24. The van der Waals surface area contributed by atoms with Gasteiger partial charge < -0.3 is 10.2 Å². The minimum absolute atomic E-state index is 0.00435. The number of hydrogen-bond donors (Lipinski definition) is 1. The molecule has 0 unspecified atom stereocenters. The first-order valence-corrected chi connectivity index (χ1v) is 8.60. The topological polar surface area (TPSA) is 49.4 Å². The van der Waals surface area contributed by atoms with Crippen LogP contribution < -0.4 is 5.32 Å². The second kappa shape index (κ2) is 6.54. The maximum atomic E-state index is 12.6. The van der Waals surface area contributed by atoms with Crippen LogP contribution >= 0.6 is 11.3 Å². The van der Waals surface area contributed by atoms with Crippen molar-refractivity contribution in [3.63, 3.8) is 0 Å². The van der Waals surface area contributed by atoms with E-state index in [1.54, 1.807) is 17.0 Å². The summed E-state index contributed by atoms with van der Waals surface area (Å²) in [6.45, 7) is 2.01. The van der Waals surface area contributed by atoms with E-state index in [2.05, 4.69) is 5.32 Å². The normalized spacial score (nSPS) is 15.0. The molecule has 3 rings (SSSR count). The van der Waals surface area contributed by atoms with E-state index in [1.165, 1.54) is 11.3 Å². The van der Waals surface area contributed by atoms with Crippen LogP contribution in [-0.2, 0) is 4.79 Å². The molecule has 2 aromatic rings. The second-order valence-corrected chi connectivity index (χ2v) is 7.01. The zero-order chi connectivity index (χ0) is 16.4. The van der Waals surface area contributed by atoms with Gasteiger partial charge >= 0.3 is 0 Å². The molecule has 1 atom stereocenters. The van der Waals surface area contributed by atoms with E-state index in [1.807, 2.05) is 44.3 Å². The number of carbonyl (C=O) groups excluding carboxylic acids is 2. The quantitative estimate of drug-likeness (QED) is 0.904. The summed E-state index contributed by atoms with van der Waals surface area (Å²) in [7, 11) is 1.81. The van der Waals surface area contributed by atoms with Crippen molar-refractivity contribution < 1.29 is 9.59 Å². The Balaban J connectivity index is 1.67. The lowest BCUT2D eigenvalue weighted by atomic mass is 10.1. The molecule has 1 fully saturated rings. The molecule has 4 nitrogen and oxygen atoms in total. The largest absolute Gasteiger partial charge is 0.334 e. The minimum atomic E-state index is -0.0294. The second-order valence-electron chi connectivity index (χ2n) is 5.93. The summed E-state index contributed by atoms with van der Waals surface area (Å²) in [6.07, 6.45) is 1.95. The zero-order valence-electron chi connectivity index (χ0n) is 13.3. The fraction of sp³-hybridized carbons (Fsp3) is 0.333. The summed E-state index contributed by atoms with van der Waals surface area (Å²) in [5, 5.41) is 3.63. The van der Waals surface area contributed by atoms with Crippen molar-refractivity contribution in [1.29, 1.82) is 0 Å². The van der Waals surface area contributed by atoms with Gasteiger partial charge in [0.25, 0.3) is 5.91 Å². The van der Waals surface area contributed by atoms with Gasteiger partial charge in [-0.05, 0) is 37.5 Å². The van der Waals surface area contributed by atoms with Gasteiger partial charge in [0.2, 0.25) is 5.91 Å². The van der Waals surface area contributed by atoms with Crippen LogP contribution in [0.5, 0.6) is 0 Å². The first-order chi connectivity index (χ1) is 11.1. The Bertz CT molecular complexity index is 707. The van der Waals surface area contributed by atoms with Crippen LogP contribution in [-0.4, -0.2) is 23.8 Å². The summed E-state index contributed by atoms with van der Waals surface area (Å²) >= 11 is 1.33. The number of amides is 2. The Hall–Kier alpha value is -2.14. The van der Waals surface area contributed by atoms with Crippen molar-refractivity contribution in [3.05, 3.63) is 52.9 Å². The molecule has 1 aliphatic rings. The van der Waals surface area contributed by atoms with Gasteiger partial charge in [0.1, 0.15) is 0 Å². The number of anilines is 1. The van der Waals surface area contributed by atoms with Gasteiger partial charge in [-0.3, -0.25) is 9.59 Å². The number of nitrogens with zero attached hydrogens (tertiary/aromatic N) is 1. The number of hydrogen-bond acceptors (Lipinski definition) is 3. The van der Waals surface area contributed by atoms with Gasteiger partial charge in [0, 0.05) is 13.0 Å². The van der Waals surface area contributed by atoms with Crippen LogP contribution in [0.1, 0.15) is 41.0 Å². The highest BCUT2D eigenvalue weighted by molar-refractivity contribution is 7.18. The third-order valence-electron chi connectivity index (χ3n) is 4.19. The van der Waals surface area contributed by atoms with Crippen molar-refractivity contribution in [3.8, 4) is 0 Å². The molecule has 0 aliphatic heterocycles. The highest BCUT2D eigenvalue weighted by Gasteiger charge is 2.30. The Morgan fingerprint density at radius 3 is 2.52 bits per heavy atom. The SMILES string of the molecule is C[C@@H](c1ccccc1)N(C)C(=O)c1ccc(NC(=O)C2CC2)s1. The van der Waals surface area contributed by atoms with Crippen LogP contribution in [0.2, 0.25) is 0 Å². The molecule has 120 valence electrons. The Morgan fingerprint density at radius 1 is 1.17 bits per heavy atom. The Morgan fingerprint density at radius 2 is 1.87 bits per heavy atom. The molecule has 0 saturated heterocycles. The summed E-state index contributed by atoms with van der Waals surface area (Å²) in [6, 6.07) is 13.5. The van der Waals surface area contributed by atoms with Gasteiger partial charge in [0.15, 0.2) is 0 Å². The third-order valence-corrected chi connectivity index (χ3v) is 5.18. The van der Waals surface area contributed by atoms with Crippen LogP contribution in [0.25, 0.3) is 0 Å². The number of thiophene rings is 1. The fourth-order valence-electron chi connectivity index (χ4n) is 2.39. The molecule has 2 amide bonds. The monoisotopic (exact) mass is 328 g/mol. The van der Waals surface area contributed by atoms with Gasteiger partial charge in [-0.25, -0.2) is 0 Å². The van der Waals surface area contributed by atoms with Crippen molar-refractivity contribution in [2.45, 2.75) is 25.8 Å². The van der Waals surface area contributed by atoms with E-state index in [0.29, 0.717) is 4.88 Å². The van der Waals surface area contributed by atoms with Crippen molar-refractivity contribution in [1.82, 2.24) is 4.90 Å². The number of carbonyl (C=O) groups is 2. The van der Waals surface area contributed by atoms with E-state index in [4.69, 9.17) is 0 Å². The van der Waals surface area contributed by atoms with Crippen molar-refractivity contribution in [2.75, 3.05) is 12.4 Å². The summed E-state index contributed by atoms with van der Waals surface area (Å²) < 4.78 is 0. The molecule has 1 aromatic carbocycles. The molecule has 0 radical (unpaired) electrons. The molecule has 1 aliphatic carbocycles. The summed E-state index contributed by atoms with van der Waals surface area (Å²) in [5.74, 6) is 0.201. The third kappa shape index (κ3) is 3.62. The lowest BCUT2D eigenvalue weighted by molar-refractivity contribution is -0.117. The molecule has 1 heterocycles. The zero-order valence-corrected chi connectivity index (χ0v) is 14.1. The molecule has 1 saturated carbocycles. The average Bonchev–Trinajstić information content (AvgIpc) is 3.34. The van der Waals surface area contributed by atoms with E-state index in [9.17, 15) is 9.59 Å². The first-order valence-electron chi connectivity index (χ1n) is 7.79. The van der Waals surface area contributed by atoms with E-state index >= 15 is 0 Å². The highest BCUT2D eigenvalue weighted by Crippen LogP contribution is 2.32. The van der Waals surface area contributed by atoms with E-state index in [-0.39, 0.29) is 23.8 Å². The van der Waals surface area contributed by atoms with Crippen LogP contribution in [0.3, 0.4) is 0 Å². The fourth-order valence-corrected chi connectivity index (χ4v) is 3.29. The molecule has 5 heteroatoms. The maximum absolute atomic E-state index is 12.6. The van der Waals surface area contributed by atoms with Crippen LogP contribution in [0.4, 0.5) is 5.00 Å². The molecular weight excluding hydrogens is 308 g/mol. The van der Waals surface area contributed by atoms with Crippen molar-refractivity contribution >= 4 is 28.2 Å². The number of benzene rings is 1. The molecule has 0 bridgehead atoms. The average molecular weight is 328 g/mol. The number of nitrogens with one attached hydrogen (secondary N) is 1. The molecule has 1 N–H and O–H groups in total. The van der Waals surface area contributed by atoms with Crippen molar-refractivity contribution in [2.24, 2.45) is 5.92 Å².